The van der Waals surface area contributed by atoms with E-state index in [0.29, 0.717) is 0 Å². The first-order valence-electron chi connectivity index (χ1n) is 4.44. The average molecular weight is 329 g/mol. The molecule has 1 unspecified atom stereocenters. The number of carbonyl (C=O) groups is 1. The van der Waals surface area contributed by atoms with Crippen molar-refractivity contribution in [2.45, 2.75) is 22.2 Å². The van der Waals surface area contributed by atoms with Gasteiger partial charge in [0.2, 0.25) is 0 Å². The summed E-state index contributed by atoms with van der Waals surface area (Å²) in [5.41, 5.74) is -4.35. The predicted molar refractivity (Wildman–Crippen MR) is 62.4 cm³/mol. The number of phenols is 1. The molecule has 94 valence electrons. The monoisotopic (exact) mass is 328 g/mol. The highest BCUT2D eigenvalue weighted by molar-refractivity contribution is 9.09. The number of halogens is 4. The van der Waals surface area contributed by atoms with E-state index in [1.807, 2.05) is 0 Å². The molecule has 2 nitrogen and oxygen atoms in total. The van der Waals surface area contributed by atoms with Crippen molar-refractivity contribution in [3.05, 3.63) is 23.8 Å². The van der Waals surface area contributed by atoms with Crippen molar-refractivity contribution in [2.24, 2.45) is 0 Å². The Hall–Kier alpha value is -0.690. The Balaban J connectivity index is 3.12. The lowest BCUT2D eigenvalue weighted by Crippen LogP contribution is -2.03. The van der Waals surface area contributed by atoms with E-state index in [0.717, 1.165) is 6.07 Å². The predicted octanol–water partition coefficient (Wildman–Crippen LogP) is 4.03. The van der Waals surface area contributed by atoms with Gasteiger partial charge < -0.3 is 5.11 Å². The molecule has 0 radical (unpaired) electrons. The molecule has 0 saturated heterocycles. The van der Waals surface area contributed by atoms with Crippen molar-refractivity contribution in [2.75, 3.05) is 0 Å². The molecular formula is C10H8BrF3O2S. The third-order valence-corrected chi connectivity index (χ3v) is 3.80. The van der Waals surface area contributed by atoms with E-state index in [2.05, 4.69) is 15.9 Å². The number of carbonyl (C=O) groups excluding carboxylic acids is 1. The molecule has 1 aromatic rings. The third kappa shape index (κ3) is 3.92. The van der Waals surface area contributed by atoms with E-state index in [1.54, 1.807) is 0 Å². The Morgan fingerprint density at radius 1 is 1.47 bits per heavy atom. The van der Waals surface area contributed by atoms with Gasteiger partial charge >= 0.3 is 5.51 Å². The van der Waals surface area contributed by atoms with Crippen molar-refractivity contribution in [3.63, 3.8) is 0 Å². The molecule has 0 aliphatic carbocycles. The summed E-state index contributed by atoms with van der Waals surface area (Å²) in [6.45, 7) is 1.28. The molecule has 0 aromatic heterocycles. The van der Waals surface area contributed by atoms with Crippen molar-refractivity contribution in [1.82, 2.24) is 0 Å². The van der Waals surface area contributed by atoms with Crippen LogP contribution in [0.5, 0.6) is 5.75 Å². The van der Waals surface area contributed by atoms with E-state index >= 15 is 0 Å². The van der Waals surface area contributed by atoms with E-state index in [1.165, 1.54) is 19.1 Å². The molecule has 0 saturated carbocycles. The molecular weight excluding hydrogens is 321 g/mol. The summed E-state index contributed by atoms with van der Waals surface area (Å²) in [5.74, 6) is -0.818. The van der Waals surface area contributed by atoms with Gasteiger partial charge in [0.1, 0.15) is 16.4 Å². The van der Waals surface area contributed by atoms with E-state index in [9.17, 15) is 23.1 Å². The van der Waals surface area contributed by atoms with Gasteiger partial charge in [-0.05, 0) is 24.8 Å². The summed E-state index contributed by atoms with van der Waals surface area (Å²) < 4.78 is 36.6. The maximum absolute atomic E-state index is 12.2. The van der Waals surface area contributed by atoms with Gasteiger partial charge in [-0.2, -0.15) is 13.2 Å². The highest BCUT2D eigenvalue weighted by Gasteiger charge is 2.31. The SMILES string of the molecule is CC(=O)C(Br)c1cccc(SC(F)(F)F)c1O. The largest absolute Gasteiger partial charge is 0.506 e. The summed E-state index contributed by atoms with van der Waals surface area (Å²) in [5, 5.41) is 9.67. The second-order valence-electron chi connectivity index (χ2n) is 3.21. The van der Waals surface area contributed by atoms with Crippen molar-refractivity contribution in [1.29, 1.82) is 0 Å². The molecule has 0 heterocycles. The van der Waals surface area contributed by atoms with Crippen LogP contribution in [0.25, 0.3) is 0 Å². The summed E-state index contributed by atoms with van der Waals surface area (Å²) >= 11 is 2.60. The quantitative estimate of drug-likeness (QED) is 0.672. The van der Waals surface area contributed by atoms with Gasteiger partial charge in [-0.3, -0.25) is 4.79 Å². The van der Waals surface area contributed by atoms with E-state index in [-0.39, 0.29) is 16.2 Å². The summed E-state index contributed by atoms with van der Waals surface area (Å²) in [7, 11) is 0. The van der Waals surface area contributed by atoms with Crippen LogP contribution in [-0.2, 0) is 4.79 Å². The molecule has 0 amide bonds. The van der Waals surface area contributed by atoms with Gasteiger partial charge in [0.05, 0.1) is 4.90 Å². The summed E-state index contributed by atoms with van der Waals surface area (Å²) in [6, 6.07) is 3.91. The number of alkyl halides is 4. The van der Waals surface area contributed by atoms with Crippen LogP contribution in [-0.4, -0.2) is 16.4 Å². The van der Waals surface area contributed by atoms with Crippen molar-refractivity contribution < 1.29 is 23.1 Å². The number of rotatable bonds is 3. The van der Waals surface area contributed by atoms with Gasteiger partial charge in [0, 0.05) is 5.56 Å². The average Bonchev–Trinajstić information content (AvgIpc) is 2.18. The molecule has 0 aliphatic rings. The second kappa shape index (κ2) is 5.30. The smallest absolute Gasteiger partial charge is 0.446 e. The lowest BCUT2D eigenvalue weighted by molar-refractivity contribution is -0.116. The first-order chi connectivity index (χ1) is 7.72. The van der Waals surface area contributed by atoms with Crippen LogP contribution in [0.15, 0.2) is 23.1 Å². The van der Waals surface area contributed by atoms with Crippen LogP contribution in [0.4, 0.5) is 13.2 Å². The number of ketones is 1. The number of hydrogen-bond donors (Lipinski definition) is 1. The zero-order chi connectivity index (χ0) is 13.2. The molecule has 1 rings (SSSR count). The molecule has 7 heteroatoms. The number of hydrogen-bond acceptors (Lipinski definition) is 3. The molecule has 1 N–H and O–H groups in total. The van der Waals surface area contributed by atoms with Crippen LogP contribution < -0.4 is 0 Å². The molecule has 0 bridgehead atoms. The minimum absolute atomic E-state index is 0.131. The zero-order valence-corrected chi connectivity index (χ0v) is 11.0. The van der Waals surface area contributed by atoms with Crippen LogP contribution in [0.3, 0.4) is 0 Å². The minimum atomic E-state index is -4.48. The number of phenolic OH excluding ortho intramolecular Hbond substituents is 1. The number of thioether (sulfide) groups is 1. The van der Waals surface area contributed by atoms with Crippen LogP contribution in [0, 0.1) is 0 Å². The Labute approximate surface area is 108 Å². The number of benzene rings is 1. The summed E-state index contributed by atoms with van der Waals surface area (Å²) in [6.07, 6.45) is 0. The van der Waals surface area contributed by atoms with E-state index < -0.39 is 27.8 Å². The fourth-order valence-corrected chi connectivity index (χ4v) is 2.15. The Kier molecular flexibility index (Phi) is 4.48. The third-order valence-electron chi connectivity index (χ3n) is 1.89. The molecule has 1 atom stereocenters. The molecule has 0 aliphatic heterocycles. The van der Waals surface area contributed by atoms with Crippen LogP contribution >= 0.6 is 27.7 Å². The highest BCUT2D eigenvalue weighted by atomic mass is 79.9. The minimum Gasteiger partial charge on any atom is -0.506 e. The van der Waals surface area contributed by atoms with Gasteiger partial charge in [0.25, 0.3) is 0 Å². The normalized spacial score (nSPS) is 13.5. The molecule has 17 heavy (non-hydrogen) atoms. The van der Waals surface area contributed by atoms with Gasteiger partial charge in [-0.25, -0.2) is 0 Å². The number of para-hydroxylation sites is 1. The van der Waals surface area contributed by atoms with Gasteiger partial charge in [-0.15, -0.1) is 0 Å². The van der Waals surface area contributed by atoms with Crippen LogP contribution in [0.1, 0.15) is 17.3 Å². The maximum Gasteiger partial charge on any atom is 0.446 e. The molecule has 0 fully saturated rings. The highest BCUT2D eigenvalue weighted by Crippen LogP contribution is 2.44. The van der Waals surface area contributed by atoms with Crippen molar-refractivity contribution in [3.8, 4) is 5.75 Å². The maximum atomic E-state index is 12.2. The first kappa shape index (κ1) is 14.4. The Morgan fingerprint density at radius 3 is 2.53 bits per heavy atom. The first-order valence-corrected chi connectivity index (χ1v) is 6.17. The fraction of sp³-hybridized carbons (Fsp3) is 0.300. The molecule has 0 spiro atoms. The van der Waals surface area contributed by atoms with Gasteiger partial charge in [0.15, 0.2) is 0 Å². The standard InChI is InChI=1S/C10H8BrF3O2S/c1-5(15)8(11)6-3-2-4-7(9(6)16)17-10(12,13)14/h2-4,8,16H,1H3. The fourth-order valence-electron chi connectivity index (χ4n) is 1.17. The Morgan fingerprint density at radius 2 is 2.06 bits per heavy atom. The molecule has 1 aromatic carbocycles. The zero-order valence-electron chi connectivity index (χ0n) is 8.58. The van der Waals surface area contributed by atoms with Crippen LogP contribution in [0.2, 0.25) is 0 Å². The lowest BCUT2D eigenvalue weighted by Gasteiger charge is -2.13. The van der Waals surface area contributed by atoms with E-state index in [4.69, 9.17) is 0 Å². The number of aromatic hydroxyl groups is 1. The lowest BCUT2D eigenvalue weighted by atomic mass is 10.1. The second-order valence-corrected chi connectivity index (χ2v) is 5.24. The van der Waals surface area contributed by atoms with Gasteiger partial charge in [-0.1, -0.05) is 28.1 Å². The Bertz CT molecular complexity index is 434. The number of Topliss-reactive ketones (excluding diaryl/α,β-unsaturated/α-hetero) is 1. The van der Waals surface area contributed by atoms with Crippen molar-refractivity contribution >= 4 is 33.5 Å². The topological polar surface area (TPSA) is 37.3 Å². The summed E-state index contributed by atoms with van der Waals surface area (Å²) in [4.78, 5) is 9.98.